The maximum atomic E-state index is 12.6. The summed E-state index contributed by atoms with van der Waals surface area (Å²) in [7, 11) is 0. The van der Waals surface area contributed by atoms with Gasteiger partial charge in [-0.3, -0.25) is 4.79 Å². The number of rotatable bonds is 4. The van der Waals surface area contributed by atoms with Crippen molar-refractivity contribution in [2.75, 3.05) is 0 Å². The number of hydrogen-bond donors (Lipinski definition) is 1. The van der Waals surface area contributed by atoms with Crippen LogP contribution in [0.1, 0.15) is 65.7 Å². The molecule has 0 radical (unpaired) electrons. The SMILES string of the molecule is CCC1(C(=O)NC(C)C2CCCCCC2)C(C)C1(Cl)Cl. The lowest BCUT2D eigenvalue weighted by Crippen LogP contribution is -2.43. The van der Waals surface area contributed by atoms with Gasteiger partial charge in [0, 0.05) is 12.0 Å². The predicted molar refractivity (Wildman–Crippen MR) is 85.1 cm³/mol. The zero-order chi connectivity index (χ0) is 15.0. The zero-order valence-corrected chi connectivity index (χ0v) is 14.4. The first-order valence-corrected chi connectivity index (χ1v) is 8.82. The second-order valence-corrected chi connectivity index (χ2v) is 8.07. The van der Waals surface area contributed by atoms with Gasteiger partial charge in [-0.2, -0.15) is 0 Å². The Morgan fingerprint density at radius 2 is 1.75 bits per heavy atom. The van der Waals surface area contributed by atoms with Crippen LogP contribution in [0.15, 0.2) is 0 Å². The van der Waals surface area contributed by atoms with Crippen LogP contribution in [-0.4, -0.2) is 16.3 Å². The highest BCUT2D eigenvalue weighted by molar-refractivity contribution is 6.53. The summed E-state index contributed by atoms with van der Waals surface area (Å²) < 4.78 is -0.894. The molecule has 0 bridgehead atoms. The fourth-order valence-electron chi connectivity index (χ4n) is 3.95. The summed E-state index contributed by atoms with van der Waals surface area (Å²) in [5.74, 6) is 0.684. The molecule has 0 aromatic carbocycles. The Morgan fingerprint density at radius 3 is 2.15 bits per heavy atom. The lowest BCUT2D eigenvalue weighted by atomic mass is 9.91. The van der Waals surface area contributed by atoms with Crippen molar-refractivity contribution in [2.24, 2.45) is 17.3 Å². The summed E-state index contributed by atoms with van der Waals surface area (Å²) in [5, 5.41) is 3.21. The van der Waals surface area contributed by atoms with Gasteiger partial charge in [0.1, 0.15) is 4.33 Å². The van der Waals surface area contributed by atoms with Crippen LogP contribution in [0.2, 0.25) is 0 Å². The molecule has 1 N–H and O–H groups in total. The second kappa shape index (κ2) is 6.04. The van der Waals surface area contributed by atoms with Crippen LogP contribution < -0.4 is 5.32 Å². The van der Waals surface area contributed by atoms with Gasteiger partial charge >= 0.3 is 0 Å². The average Bonchev–Trinajstić information content (AvgIpc) is 2.98. The van der Waals surface area contributed by atoms with Gasteiger partial charge in [0.2, 0.25) is 5.91 Å². The normalized spacial score (nSPS) is 35.1. The third-order valence-corrected chi connectivity index (χ3v) is 7.05. The number of carbonyl (C=O) groups excluding carboxylic acids is 1. The lowest BCUT2D eigenvalue weighted by Gasteiger charge is -2.26. The average molecular weight is 320 g/mol. The van der Waals surface area contributed by atoms with Crippen molar-refractivity contribution in [2.45, 2.75) is 76.1 Å². The second-order valence-electron chi connectivity index (χ2n) is 6.68. The van der Waals surface area contributed by atoms with Gasteiger partial charge in [-0.05, 0) is 32.1 Å². The van der Waals surface area contributed by atoms with Crippen LogP contribution in [-0.2, 0) is 4.79 Å². The molecule has 116 valence electrons. The Morgan fingerprint density at radius 1 is 1.25 bits per heavy atom. The molecule has 2 aliphatic carbocycles. The van der Waals surface area contributed by atoms with Crippen molar-refractivity contribution in [3.05, 3.63) is 0 Å². The minimum absolute atomic E-state index is 0.0321. The Balaban J connectivity index is 1.97. The maximum absolute atomic E-state index is 12.6. The van der Waals surface area contributed by atoms with E-state index in [-0.39, 0.29) is 17.9 Å². The first kappa shape index (κ1) is 16.4. The molecule has 0 aromatic rings. The highest BCUT2D eigenvalue weighted by atomic mass is 35.5. The van der Waals surface area contributed by atoms with Gasteiger partial charge in [0.15, 0.2) is 0 Å². The van der Waals surface area contributed by atoms with Crippen molar-refractivity contribution < 1.29 is 4.79 Å². The standard InChI is InChI=1S/C16H27Cl2NO/c1-4-15(12(3)16(15,17)18)14(20)19-11(2)13-9-7-5-6-8-10-13/h11-13H,4-10H2,1-3H3,(H,19,20). The summed E-state index contributed by atoms with van der Waals surface area (Å²) in [6.45, 7) is 6.10. The summed E-state index contributed by atoms with van der Waals surface area (Å²) in [4.78, 5) is 12.6. The molecule has 0 saturated heterocycles. The van der Waals surface area contributed by atoms with Crippen LogP contribution in [0.3, 0.4) is 0 Å². The number of hydrogen-bond acceptors (Lipinski definition) is 1. The van der Waals surface area contributed by atoms with Gasteiger partial charge in [0.25, 0.3) is 0 Å². The first-order valence-electron chi connectivity index (χ1n) is 8.06. The van der Waals surface area contributed by atoms with Gasteiger partial charge < -0.3 is 5.32 Å². The third kappa shape index (κ3) is 2.59. The number of carbonyl (C=O) groups is 1. The predicted octanol–water partition coefficient (Wildman–Crippen LogP) is 4.68. The Bertz CT molecular complexity index is 363. The lowest BCUT2D eigenvalue weighted by molar-refractivity contribution is -0.128. The van der Waals surface area contributed by atoms with E-state index < -0.39 is 9.75 Å². The van der Waals surface area contributed by atoms with E-state index in [4.69, 9.17) is 23.2 Å². The molecule has 0 spiro atoms. The molecule has 0 aliphatic heterocycles. The van der Waals surface area contributed by atoms with Crippen LogP contribution >= 0.6 is 23.2 Å². The number of alkyl halides is 2. The Labute approximate surface area is 133 Å². The largest absolute Gasteiger partial charge is 0.353 e. The van der Waals surface area contributed by atoms with E-state index in [2.05, 4.69) is 12.2 Å². The molecule has 20 heavy (non-hydrogen) atoms. The molecule has 2 fully saturated rings. The summed E-state index contributed by atoms with van der Waals surface area (Å²) in [6, 6.07) is 0.223. The minimum Gasteiger partial charge on any atom is -0.353 e. The number of amides is 1. The Kier molecular flexibility index (Phi) is 4.96. The third-order valence-electron chi connectivity index (χ3n) is 5.72. The van der Waals surface area contributed by atoms with E-state index in [0.717, 1.165) is 0 Å². The molecule has 2 rings (SSSR count). The molecule has 0 heterocycles. The molecule has 2 saturated carbocycles. The van der Waals surface area contributed by atoms with Gasteiger partial charge in [-0.1, -0.05) is 39.5 Å². The fourth-order valence-corrected chi connectivity index (χ4v) is 4.98. The first-order chi connectivity index (χ1) is 9.38. The molecule has 3 atom stereocenters. The fraction of sp³-hybridized carbons (Fsp3) is 0.938. The zero-order valence-electron chi connectivity index (χ0n) is 12.8. The highest BCUT2D eigenvalue weighted by Gasteiger charge is 2.76. The molecule has 2 aliphatic rings. The smallest absolute Gasteiger partial charge is 0.229 e. The van der Waals surface area contributed by atoms with E-state index in [9.17, 15) is 4.79 Å². The van der Waals surface area contributed by atoms with Crippen LogP contribution in [0.4, 0.5) is 0 Å². The number of nitrogens with one attached hydrogen (secondary N) is 1. The molecular weight excluding hydrogens is 293 g/mol. The maximum Gasteiger partial charge on any atom is 0.229 e. The van der Waals surface area contributed by atoms with Gasteiger partial charge in [-0.25, -0.2) is 0 Å². The van der Waals surface area contributed by atoms with Crippen LogP contribution in [0.5, 0.6) is 0 Å². The van der Waals surface area contributed by atoms with E-state index in [1.165, 1.54) is 38.5 Å². The minimum atomic E-state index is -0.894. The van der Waals surface area contributed by atoms with Crippen molar-refractivity contribution in [1.29, 1.82) is 0 Å². The van der Waals surface area contributed by atoms with Crippen LogP contribution in [0.25, 0.3) is 0 Å². The van der Waals surface area contributed by atoms with E-state index in [0.29, 0.717) is 12.3 Å². The molecule has 1 amide bonds. The topological polar surface area (TPSA) is 29.1 Å². The van der Waals surface area contributed by atoms with Crippen molar-refractivity contribution in [3.63, 3.8) is 0 Å². The molecule has 3 unspecified atom stereocenters. The molecular formula is C16H27Cl2NO. The van der Waals surface area contributed by atoms with E-state index in [1.54, 1.807) is 0 Å². The quantitative estimate of drug-likeness (QED) is 0.591. The van der Waals surface area contributed by atoms with E-state index in [1.807, 2.05) is 13.8 Å². The van der Waals surface area contributed by atoms with E-state index >= 15 is 0 Å². The van der Waals surface area contributed by atoms with Crippen molar-refractivity contribution in [1.82, 2.24) is 5.32 Å². The summed E-state index contributed by atoms with van der Waals surface area (Å²) in [5.41, 5.74) is -0.588. The highest BCUT2D eigenvalue weighted by Crippen LogP contribution is 2.70. The van der Waals surface area contributed by atoms with Gasteiger partial charge in [0.05, 0.1) is 5.41 Å². The summed E-state index contributed by atoms with van der Waals surface area (Å²) in [6.07, 6.45) is 8.39. The van der Waals surface area contributed by atoms with Gasteiger partial charge in [-0.15, -0.1) is 23.2 Å². The molecule has 0 aromatic heterocycles. The van der Waals surface area contributed by atoms with Crippen molar-refractivity contribution >= 4 is 29.1 Å². The number of halogens is 2. The van der Waals surface area contributed by atoms with Crippen molar-refractivity contribution in [3.8, 4) is 0 Å². The monoisotopic (exact) mass is 319 g/mol. The van der Waals surface area contributed by atoms with Crippen LogP contribution in [0, 0.1) is 17.3 Å². The molecule has 2 nitrogen and oxygen atoms in total. The molecule has 4 heteroatoms. The Hall–Kier alpha value is 0.0500. The summed E-state index contributed by atoms with van der Waals surface area (Å²) >= 11 is 12.6.